The molecule has 4 amide bonds. The number of carbonyl (C=O) groups excluding carboxylic acids is 4. The normalized spacial score (nSPS) is 18.5. The summed E-state index contributed by atoms with van der Waals surface area (Å²) in [7, 11) is 0. The van der Waals surface area contributed by atoms with Gasteiger partial charge in [0, 0.05) is 4.90 Å². The lowest BCUT2D eigenvalue weighted by atomic mass is 9.75. The predicted molar refractivity (Wildman–Crippen MR) is 178 cm³/mol. The Labute approximate surface area is 265 Å². The predicted octanol–water partition coefficient (Wildman–Crippen LogP) is 7.33. The average Bonchev–Trinajstić information content (AvgIpc) is 3.48. The van der Waals surface area contributed by atoms with Gasteiger partial charge in [0.15, 0.2) is 0 Å². The Morgan fingerprint density at radius 3 is 1.82 bits per heavy atom. The van der Waals surface area contributed by atoms with Gasteiger partial charge in [0.05, 0.1) is 28.7 Å². The number of hydrogen-bond acceptors (Lipinski definition) is 5. The van der Waals surface area contributed by atoms with E-state index in [1.165, 1.54) is 31.8 Å². The van der Waals surface area contributed by atoms with Crippen molar-refractivity contribution in [2.24, 2.45) is 11.8 Å². The van der Waals surface area contributed by atoms with Gasteiger partial charge < -0.3 is 0 Å². The second-order valence-corrected chi connectivity index (χ2v) is 11.6. The second-order valence-electron chi connectivity index (χ2n) is 11.0. The molecule has 2 atom stereocenters. The molecule has 0 spiro atoms. The highest BCUT2D eigenvalue weighted by atomic mass is 32.1. The minimum absolute atomic E-state index is 0.157. The molecule has 0 bridgehead atoms. The zero-order valence-electron chi connectivity index (χ0n) is 25.8. The number of nitrogens with one attached hydrogen (secondary N) is 1. The Morgan fingerprint density at radius 1 is 0.682 bits per heavy atom. The fourth-order valence-corrected chi connectivity index (χ4v) is 5.32. The summed E-state index contributed by atoms with van der Waals surface area (Å²) in [6.07, 6.45) is 7.48. The van der Waals surface area contributed by atoms with Gasteiger partial charge in [-0.3, -0.25) is 24.5 Å². The quantitative estimate of drug-likeness (QED) is 0.227. The number of thiol groups is 1. The lowest BCUT2D eigenvalue weighted by Gasteiger charge is -2.23. The van der Waals surface area contributed by atoms with Crippen LogP contribution in [-0.2, 0) is 25.6 Å². The second kappa shape index (κ2) is 15.0. The van der Waals surface area contributed by atoms with Gasteiger partial charge in [0.2, 0.25) is 11.8 Å². The Bertz CT molecular complexity index is 1570. The molecule has 2 fully saturated rings. The van der Waals surface area contributed by atoms with Crippen LogP contribution in [-0.4, -0.2) is 23.6 Å². The minimum atomic E-state index is -0.869. The summed E-state index contributed by atoms with van der Waals surface area (Å²) in [5, 5.41) is 2.35. The topological polar surface area (TPSA) is 83.6 Å². The van der Waals surface area contributed by atoms with E-state index >= 15 is 0 Å². The van der Waals surface area contributed by atoms with Crippen LogP contribution < -0.4 is 10.2 Å². The van der Waals surface area contributed by atoms with Crippen LogP contribution in [0.3, 0.4) is 0 Å². The summed E-state index contributed by atoms with van der Waals surface area (Å²) in [4.78, 5) is 54.4. The number of nitrogens with zero attached hydrogens (tertiary/aromatic N) is 1. The van der Waals surface area contributed by atoms with Gasteiger partial charge >= 0.3 is 0 Å². The molecular weight excluding hydrogens is 568 g/mol. The van der Waals surface area contributed by atoms with E-state index in [9.17, 15) is 19.2 Å². The molecule has 6 nitrogen and oxygen atoms in total. The third kappa shape index (κ3) is 6.94. The monoisotopic (exact) mass is 608 g/mol. The number of carbonyl (C=O) groups is 4. The van der Waals surface area contributed by atoms with Crippen molar-refractivity contribution in [3.05, 3.63) is 113 Å². The number of benzene rings is 3. The lowest BCUT2D eigenvalue weighted by Crippen LogP contribution is -2.29. The number of hydrogen-bond donors (Lipinski definition) is 2. The summed E-state index contributed by atoms with van der Waals surface area (Å²) in [6.45, 7) is 8.72. The van der Waals surface area contributed by atoms with Crippen LogP contribution in [0.25, 0.3) is 5.57 Å². The summed E-state index contributed by atoms with van der Waals surface area (Å²) in [5.41, 5.74) is 3.98. The maximum atomic E-state index is 13.7. The van der Waals surface area contributed by atoms with Gasteiger partial charge in [0.1, 0.15) is 0 Å². The Morgan fingerprint density at radius 2 is 1.25 bits per heavy atom. The van der Waals surface area contributed by atoms with Gasteiger partial charge in [-0.15, -0.1) is 12.6 Å². The zero-order valence-corrected chi connectivity index (χ0v) is 26.7. The molecule has 0 aromatic heterocycles. The fourth-order valence-electron chi connectivity index (χ4n) is 5.17. The van der Waals surface area contributed by atoms with E-state index in [1.807, 2.05) is 42.5 Å². The number of amides is 4. The average molecular weight is 609 g/mol. The van der Waals surface area contributed by atoms with E-state index in [-0.39, 0.29) is 11.1 Å². The van der Waals surface area contributed by atoms with E-state index in [2.05, 4.69) is 45.6 Å². The van der Waals surface area contributed by atoms with Crippen molar-refractivity contribution in [3.8, 4) is 0 Å². The van der Waals surface area contributed by atoms with Crippen LogP contribution in [0.2, 0.25) is 0 Å². The third-order valence-corrected chi connectivity index (χ3v) is 8.16. The molecule has 2 unspecified atom stereocenters. The van der Waals surface area contributed by atoms with Crippen molar-refractivity contribution >= 4 is 47.5 Å². The van der Waals surface area contributed by atoms with Crippen molar-refractivity contribution in [2.45, 2.75) is 64.7 Å². The first-order chi connectivity index (χ1) is 21.2. The van der Waals surface area contributed by atoms with Gasteiger partial charge in [0.25, 0.3) is 11.8 Å². The van der Waals surface area contributed by atoms with Crippen molar-refractivity contribution in [1.82, 2.24) is 5.32 Å². The van der Waals surface area contributed by atoms with Crippen LogP contribution in [0.4, 0.5) is 5.69 Å². The van der Waals surface area contributed by atoms with Gasteiger partial charge in [-0.05, 0) is 52.9 Å². The zero-order chi connectivity index (χ0) is 31.8. The van der Waals surface area contributed by atoms with E-state index < -0.39 is 35.5 Å². The SMILES string of the molecule is CCCC.CCCC.O=C1NC(=O)C2C(c3ccc(S)cc3)=C3C(=O)N(c4ccc(Cc5ccccc5)cc4)C(=O)C3=CC12. The van der Waals surface area contributed by atoms with Crippen LogP contribution >= 0.6 is 12.6 Å². The molecule has 0 radical (unpaired) electrons. The molecule has 7 heteroatoms. The van der Waals surface area contributed by atoms with E-state index in [4.69, 9.17) is 0 Å². The largest absolute Gasteiger partial charge is 0.295 e. The molecule has 2 aliphatic heterocycles. The molecule has 3 aromatic carbocycles. The van der Waals surface area contributed by atoms with Crippen molar-refractivity contribution in [1.29, 1.82) is 0 Å². The molecular formula is C37H40N2O4S. The highest BCUT2D eigenvalue weighted by Gasteiger charge is 2.53. The third-order valence-electron chi connectivity index (χ3n) is 7.86. The first-order valence-corrected chi connectivity index (χ1v) is 15.8. The highest BCUT2D eigenvalue weighted by molar-refractivity contribution is 7.80. The fraction of sp³-hybridized carbons (Fsp3) is 0.297. The Hall–Kier alpha value is -4.23. The van der Waals surface area contributed by atoms with Crippen LogP contribution in [0.15, 0.2) is 101 Å². The molecule has 6 rings (SSSR count). The van der Waals surface area contributed by atoms with Crippen LogP contribution in [0, 0.1) is 11.8 Å². The molecule has 228 valence electrons. The first-order valence-electron chi connectivity index (χ1n) is 15.4. The standard InChI is InChI=1S/C29H20N2O4S.2C4H10/c32-26-21-15-22-25(23(24(21)27(33)30-26)18-8-12-20(36)13-9-18)29(35)31(28(22)34)19-10-6-17(7-11-19)14-16-4-2-1-3-5-16;2*1-3-4-2/h1-13,15,21,24,36H,14H2,(H,30,32,33);2*3-4H2,1-2H3. The van der Waals surface area contributed by atoms with Crippen molar-refractivity contribution < 1.29 is 19.2 Å². The van der Waals surface area contributed by atoms with Gasteiger partial charge in [-0.1, -0.05) is 114 Å². The van der Waals surface area contributed by atoms with E-state index in [0.717, 1.165) is 22.4 Å². The lowest BCUT2D eigenvalue weighted by molar-refractivity contribution is -0.125. The summed E-state index contributed by atoms with van der Waals surface area (Å²) in [6, 6.07) is 24.3. The molecule has 44 heavy (non-hydrogen) atoms. The maximum Gasteiger partial charge on any atom is 0.266 e. The number of fused-ring (bicyclic) bond motifs is 2. The van der Waals surface area contributed by atoms with Crippen molar-refractivity contribution in [3.63, 3.8) is 0 Å². The van der Waals surface area contributed by atoms with Crippen LogP contribution in [0.1, 0.15) is 70.1 Å². The number of rotatable bonds is 6. The Kier molecular flexibility index (Phi) is 11.1. The summed E-state index contributed by atoms with van der Waals surface area (Å²) < 4.78 is 0. The molecule has 1 N–H and O–H groups in total. The molecule has 3 aromatic rings. The number of unbranched alkanes of at least 4 members (excludes halogenated alkanes) is 2. The summed E-state index contributed by atoms with van der Waals surface area (Å²) in [5.74, 6) is -3.65. The van der Waals surface area contributed by atoms with E-state index in [1.54, 1.807) is 36.4 Å². The minimum Gasteiger partial charge on any atom is -0.295 e. The first kappa shape index (κ1) is 32.7. The van der Waals surface area contributed by atoms with Gasteiger partial charge in [-0.25, -0.2) is 4.90 Å². The highest BCUT2D eigenvalue weighted by Crippen LogP contribution is 2.47. The molecule has 3 aliphatic rings. The van der Waals surface area contributed by atoms with E-state index in [0.29, 0.717) is 21.7 Å². The summed E-state index contributed by atoms with van der Waals surface area (Å²) >= 11 is 4.32. The Balaban J connectivity index is 0.000000496. The molecule has 0 saturated carbocycles. The molecule has 2 heterocycles. The van der Waals surface area contributed by atoms with Crippen molar-refractivity contribution in [2.75, 3.05) is 4.90 Å². The van der Waals surface area contributed by atoms with Gasteiger partial charge in [-0.2, -0.15) is 0 Å². The molecule has 2 saturated heterocycles. The van der Waals surface area contributed by atoms with Crippen LogP contribution in [0.5, 0.6) is 0 Å². The maximum absolute atomic E-state index is 13.7. The smallest absolute Gasteiger partial charge is 0.266 e. The number of anilines is 1. The number of imide groups is 2. The molecule has 1 aliphatic carbocycles.